The third-order valence-corrected chi connectivity index (χ3v) is 2.58. The average molecular weight is 252 g/mol. The summed E-state index contributed by atoms with van der Waals surface area (Å²) in [5.41, 5.74) is 12.1. The van der Waals surface area contributed by atoms with Gasteiger partial charge >= 0.3 is 0 Å². The molecule has 88 valence electrons. The lowest BCUT2D eigenvalue weighted by Crippen LogP contribution is -2.15. The van der Waals surface area contributed by atoms with Gasteiger partial charge in [-0.2, -0.15) is 5.10 Å². The summed E-state index contributed by atoms with van der Waals surface area (Å²) in [7, 11) is 0. The fraction of sp³-hybridized carbons (Fsp3) is 0.100. The molecule has 2 aromatic rings. The minimum atomic E-state index is -0.624. The maximum Gasteiger partial charge on any atom is 0.267 e. The maximum absolute atomic E-state index is 11.0. The topological polar surface area (TPSA) is 99.8 Å². The first-order valence-corrected chi connectivity index (χ1v) is 5.15. The Kier molecular flexibility index (Phi) is 2.72. The molecular formula is C10H10ClN5O. The molecule has 2 heterocycles. The molecule has 0 aliphatic rings. The van der Waals surface area contributed by atoms with Crippen LogP contribution in [0.5, 0.6) is 0 Å². The van der Waals surface area contributed by atoms with Crippen molar-refractivity contribution < 1.29 is 4.79 Å². The van der Waals surface area contributed by atoms with Gasteiger partial charge in [0.1, 0.15) is 5.69 Å². The molecule has 7 heteroatoms. The highest BCUT2D eigenvalue weighted by Crippen LogP contribution is 2.19. The van der Waals surface area contributed by atoms with Crippen molar-refractivity contribution in [2.24, 2.45) is 5.73 Å². The van der Waals surface area contributed by atoms with Gasteiger partial charge in [0.15, 0.2) is 5.82 Å². The van der Waals surface area contributed by atoms with Crippen molar-refractivity contribution in [2.45, 2.75) is 6.92 Å². The monoisotopic (exact) mass is 251 g/mol. The number of anilines is 1. The van der Waals surface area contributed by atoms with E-state index in [2.05, 4.69) is 10.1 Å². The zero-order valence-electron chi connectivity index (χ0n) is 9.01. The molecule has 6 nitrogen and oxygen atoms in total. The number of primary amides is 1. The Labute approximate surface area is 102 Å². The first-order valence-electron chi connectivity index (χ1n) is 4.77. The summed E-state index contributed by atoms with van der Waals surface area (Å²) in [4.78, 5) is 15.1. The summed E-state index contributed by atoms with van der Waals surface area (Å²) >= 11 is 5.89. The Morgan fingerprint density at radius 2 is 2.18 bits per heavy atom. The van der Waals surface area contributed by atoms with Gasteiger partial charge in [0.05, 0.1) is 22.6 Å². The minimum Gasteiger partial charge on any atom is -0.396 e. The molecule has 0 aliphatic heterocycles. The van der Waals surface area contributed by atoms with Crippen molar-refractivity contribution in [2.75, 3.05) is 5.73 Å². The van der Waals surface area contributed by atoms with E-state index in [1.165, 1.54) is 10.7 Å². The summed E-state index contributed by atoms with van der Waals surface area (Å²) in [5, 5.41) is 4.63. The van der Waals surface area contributed by atoms with E-state index in [0.29, 0.717) is 22.2 Å². The molecule has 0 saturated heterocycles. The largest absolute Gasteiger partial charge is 0.396 e. The van der Waals surface area contributed by atoms with Crippen molar-refractivity contribution in [3.8, 4) is 5.82 Å². The molecule has 2 rings (SSSR count). The molecule has 0 aliphatic carbocycles. The van der Waals surface area contributed by atoms with Gasteiger partial charge in [0, 0.05) is 0 Å². The van der Waals surface area contributed by atoms with Crippen LogP contribution in [0.1, 0.15) is 16.2 Å². The Bertz CT molecular complexity index is 573. The smallest absolute Gasteiger partial charge is 0.267 e. The second kappa shape index (κ2) is 4.06. The fourth-order valence-electron chi connectivity index (χ4n) is 1.33. The molecule has 1 amide bonds. The van der Waals surface area contributed by atoms with Crippen LogP contribution in [-0.2, 0) is 0 Å². The lowest BCUT2D eigenvalue weighted by Gasteiger charge is -2.05. The third kappa shape index (κ3) is 2.07. The number of aromatic nitrogens is 3. The molecule has 0 fully saturated rings. The lowest BCUT2D eigenvalue weighted by atomic mass is 10.3. The number of nitrogens with zero attached hydrogens (tertiary/aromatic N) is 3. The number of amides is 1. The second-order valence-corrected chi connectivity index (χ2v) is 3.89. The number of pyridine rings is 1. The van der Waals surface area contributed by atoms with Gasteiger partial charge in [0.25, 0.3) is 5.91 Å². The van der Waals surface area contributed by atoms with Gasteiger partial charge in [-0.3, -0.25) is 4.79 Å². The van der Waals surface area contributed by atoms with Crippen molar-refractivity contribution in [3.63, 3.8) is 0 Å². The first kappa shape index (κ1) is 11.4. The number of hydrogen-bond donors (Lipinski definition) is 2. The van der Waals surface area contributed by atoms with Gasteiger partial charge < -0.3 is 11.5 Å². The number of carbonyl (C=O) groups is 1. The number of hydrogen-bond acceptors (Lipinski definition) is 4. The standard InChI is InChI=1S/C10H10ClN5O/c1-5-6(11)4-16(15-5)10-7(12)2-3-8(14-10)9(13)17/h2-4H,12H2,1H3,(H2,13,17). The maximum atomic E-state index is 11.0. The van der Waals surface area contributed by atoms with E-state index in [9.17, 15) is 4.79 Å². The van der Waals surface area contributed by atoms with E-state index in [-0.39, 0.29) is 5.69 Å². The third-order valence-electron chi connectivity index (χ3n) is 2.21. The van der Waals surface area contributed by atoms with Crippen LogP contribution in [0.2, 0.25) is 5.02 Å². The molecular weight excluding hydrogens is 242 g/mol. The molecule has 2 aromatic heterocycles. The van der Waals surface area contributed by atoms with Gasteiger partial charge in [-0.1, -0.05) is 11.6 Å². The minimum absolute atomic E-state index is 0.124. The van der Waals surface area contributed by atoms with E-state index >= 15 is 0 Å². The van der Waals surface area contributed by atoms with Gasteiger partial charge in [-0.05, 0) is 19.1 Å². The van der Waals surface area contributed by atoms with E-state index in [1.807, 2.05) is 0 Å². The van der Waals surface area contributed by atoms with Gasteiger partial charge in [-0.15, -0.1) is 0 Å². The van der Waals surface area contributed by atoms with Crippen LogP contribution in [0.3, 0.4) is 0 Å². The van der Waals surface area contributed by atoms with Crippen LogP contribution in [0.25, 0.3) is 5.82 Å². The fourth-order valence-corrected chi connectivity index (χ4v) is 1.46. The summed E-state index contributed by atoms with van der Waals surface area (Å²) in [6.07, 6.45) is 1.57. The van der Waals surface area contributed by atoms with Crippen LogP contribution in [0, 0.1) is 6.92 Å². The first-order chi connectivity index (χ1) is 7.99. The molecule has 0 bridgehead atoms. The normalized spacial score (nSPS) is 10.5. The van der Waals surface area contributed by atoms with Crippen LogP contribution in [0.4, 0.5) is 5.69 Å². The molecule has 0 radical (unpaired) electrons. The molecule has 0 unspecified atom stereocenters. The second-order valence-electron chi connectivity index (χ2n) is 3.48. The number of carbonyl (C=O) groups excluding carboxylic acids is 1. The summed E-state index contributed by atoms with van der Waals surface area (Å²) in [5.74, 6) is -0.294. The Morgan fingerprint density at radius 3 is 2.71 bits per heavy atom. The van der Waals surface area contributed by atoms with Gasteiger partial charge in [0.2, 0.25) is 0 Å². The van der Waals surface area contributed by atoms with Crippen LogP contribution in [-0.4, -0.2) is 20.7 Å². The number of halogens is 1. The predicted octanol–water partition coefficient (Wildman–Crippen LogP) is 0.910. The van der Waals surface area contributed by atoms with Gasteiger partial charge in [-0.25, -0.2) is 9.67 Å². The Hall–Kier alpha value is -2.08. The summed E-state index contributed by atoms with van der Waals surface area (Å²) < 4.78 is 1.42. The van der Waals surface area contributed by atoms with Crippen molar-refractivity contribution in [1.29, 1.82) is 0 Å². The quantitative estimate of drug-likeness (QED) is 0.828. The molecule has 0 spiro atoms. The highest BCUT2D eigenvalue weighted by atomic mass is 35.5. The summed E-state index contributed by atoms with van der Waals surface area (Å²) in [6, 6.07) is 3.01. The lowest BCUT2D eigenvalue weighted by molar-refractivity contribution is 0.0995. The molecule has 4 N–H and O–H groups in total. The molecule has 0 atom stereocenters. The predicted molar refractivity (Wildman–Crippen MR) is 64.0 cm³/mol. The SMILES string of the molecule is Cc1nn(-c2nc(C(N)=O)ccc2N)cc1Cl. The number of nitrogen functional groups attached to an aromatic ring is 1. The van der Waals surface area contributed by atoms with Crippen LogP contribution < -0.4 is 11.5 Å². The number of rotatable bonds is 2. The highest BCUT2D eigenvalue weighted by Gasteiger charge is 2.11. The Morgan fingerprint density at radius 1 is 1.47 bits per heavy atom. The highest BCUT2D eigenvalue weighted by molar-refractivity contribution is 6.31. The van der Waals surface area contributed by atoms with E-state index in [4.69, 9.17) is 23.1 Å². The van der Waals surface area contributed by atoms with Crippen molar-refractivity contribution in [3.05, 3.63) is 34.7 Å². The number of nitrogens with two attached hydrogens (primary N) is 2. The molecule has 0 aromatic carbocycles. The van der Waals surface area contributed by atoms with Crippen LogP contribution in [0.15, 0.2) is 18.3 Å². The van der Waals surface area contributed by atoms with E-state index < -0.39 is 5.91 Å². The molecule has 17 heavy (non-hydrogen) atoms. The van der Waals surface area contributed by atoms with E-state index in [0.717, 1.165) is 0 Å². The molecule has 0 saturated carbocycles. The zero-order chi connectivity index (χ0) is 12.6. The Balaban J connectivity index is 2.57. The van der Waals surface area contributed by atoms with Crippen molar-refractivity contribution >= 4 is 23.2 Å². The van der Waals surface area contributed by atoms with Crippen LogP contribution >= 0.6 is 11.6 Å². The zero-order valence-corrected chi connectivity index (χ0v) is 9.77. The number of aryl methyl sites for hydroxylation is 1. The average Bonchev–Trinajstić information content (AvgIpc) is 2.59. The summed E-state index contributed by atoms with van der Waals surface area (Å²) in [6.45, 7) is 1.76. The van der Waals surface area contributed by atoms with Crippen molar-refractivity contribution in [1.82, 2.24) is 14.8 Å². The van der Waals surface area contributed by atoms with E-state index in [1.54, 1.807) is 19.2 Å².